The van der Waals surface area contributed by atoms with Crippen LogP contribution in [-0.4, -0.2) is 23.5 Å². The minimum atomic E-state index is -5.07. The Morgan fingerprint density at radius 2 is 1.32 bits per heavy atom. The van der Waals surface area contributed by atoms with Crippen molar-refractivity contribution in [2.75, 3.05) is 11.9 Å². The van der Waals surface area contributed by atoms with Crippen LogP contribution in [0.25, 0.3) is 11.1 Å². The molecule has 3 aromatic rings. The monoisotopic (exact) mass is 570 g/mol. The van der Waals surface area contributed by atoms with E-state index in [4.69, 9.17) is 4.74 Å². The predicted molar refractivity (Wildman–Crippen MR) is 138 cm³/mol. The van der Waals surface area contributed by atoms with E-state index in [1.165, 1.54) is 45.3 Å². The van der Waals surface area contributed by atoms with Gasteiger partial charge in [0.05, 0.1) is 28.4 Å². The first-order valence-corrected chi connectivity index (χ1v) is 12.1. The summed E-state index contributed by atoms with van der Waals surface area (Å²) < 4.78 is 101. The van der Waals surface area contributed by atoms with Crippen LogP contribution in [0.15, 0.2) is 48.7 Å². The number of carbonyl (C=O) groups is 1. The number of amides is 1. The van der Waals surface area contributed by atoms with E-state index in [0.29, 0.717) is 28.8 Å². The largest absolute Gasteiger partial charge is 0.472 e. The third-order valence-electron chi connectivity index (χ3n) is 6.26. The van der Waals surface area contributed by atoms with Crippen LogP contribution in [0, 0.1) is 12.7 Å². The summed E-state index contributed by atoms with van der Waals surface area (Å²) in [6.07, 6.45) is -8.82. The Balaban J connectivity index is 2.17. The fraction of sp³-hybridized carbons (Fsp3) is 0.379. The molecule has 0 N–H and O–H groups in total. The zero-order valence-corrected chi connectivity index (χ0v) is 23.0. The molecule has 11 heteroatoms. The number of aromatic nitrogens is 1. The molecule has 0 atom stereocenters. The molecule has 0 saturated heterocycles. The minimum absolute atomic E-state index is 0.0149. The van der Waals surface area contributed by atoms with E-state index in [2.05, 4.69) is 4.98 Å². The highest BCUT2D eigenvalue weighted by Gasteiger charge is 2.41. The van der Waals surface area contributed by atoms with Gasteiger partial charge in [-0.25, -0.2) is 9.37 Å². The molecule has 0 spiro atoms. The van der Waals surface area contributed by atoms with Gasteiger partial charge >= 0.3 is 12.4 Å². The number of carbonyl (C=O) groups excluding carboxylic acids is 1. The lowest BCUT2D eigenvalue weighted by Crippen LogP contribution is -2.42. The molecular formula is C29H29F7N2O2. The van der Waals surface area contributed by atoms with Crippen LogP contribution in [-0.2, 0) is 22.6 Å². The van der Waals surface area contributed by atoms with Gasteiger partial charge in [0.2, 0.25) is 11.8 Å². The summed E-state index contributed by atoms with van der Waals surface area (Å²) in [6, 6.07) is 6.66. The highest BCUT2D eigenvalue weighted by atomic mass is 19.4. The van der Waals surface area contributed by atoms with Gasteiger partial charge in [0, 0.05) is 18.7 Å². The zero-order valence-electron chi connectivity index (χ0n) is 23.0. The minimum Gasteiger partial charge on any atom is -0.472 e. The van der Waals surface area contributed by atoms with E-state index in [0.717, 1.165) is 4.90 Å². The molecule has 0 bridgehead atoms. The summed E-state index contributed by atoms with van der Waals surface area (Å²) in [4.78, 5) is 19.1. The maximum absolute atomic E-state index is 13.9. The van der Waals surface area contributed by atoms with E-state index >= 15 is 0 Å². The van der Waals surface area contributed by atoms with E-state index in [1.807, 2.05) is 0 Å². The van der Waals surface area contributed by atoms with Gasteiger partial charge in [0.25, 0.3) is 0 Å². The van der Waals surface area contributed by atoms with Crippen LogP contribution in [0.4, 0.5) is 36.4 Å². The summed E-state index contributed by atoms with van der Waals surface area (Å²) >= 11 is 0. The molecule has 0 radical (unpaired) electrons. The molecule has 0 aliphatic carbocycles. The smallest absolute Gasteiger partial charge is 0.416 e. The molecule has 4 nitrogen and oxygen atoms in total. The Morgan fingerprint density at radius 1 is 0.800 bits per heavy atom. The second-order valence-corrected chi connectivity index (χ2v) is 11.0. The molecule has 0 unspecified atom stereocenters. The molecular weight excluding hydrogens is 541 g/mol. The summed E-state index contributed by atoms with van der Waals surface area (Å²) in [5.74, 6) is -1.09. The fourth-order valence-corrected chi connectivity index (χ4v) is 4.18. The van der Waals surface area contributed by atoms with Crippen molar-refractivity contribution in [2.24, 2.45) is 0 Å². The van der Waals surface area contributed by atoms with Crippen LogP contribution in [0.3, 0.4) is 0 Å². The number of alkyl halides is 6. The number of benzene rings is 2. The van der Waals surface area contributed by atoms with Crippen molar-refractivity contribution in [1.82, 2.24) is 4.98 Å². The fourth-order valence-electron chi connectivity index (χ4n) is 4.18. The number of aryl methyl sites for hydroxylation is 1. The molecule has 0 aliphatic rings. The van der Waals surface area contributed by atoms with Crippen LogP contribution in [0.2, 0.25) is 0 Å². The molecule has 0 fully saturated rings. The molecule has 0 saturated carbocycles. The number of rotatable bonds is 5. The third-order valence-corrected chi connectivity index (χ3v) is 6.26. The second kappa shape index (κ2) is 10.4. The Bertz CT molecular complexity index is 1390. The van der Waals surface area contributed by atoms with Crippen molar-refractivity contribution in [2.45, 2.75) is 64.9 Å². The Hall–Kier alpha value is -3.63. The topological polar surface area (TPSA) is 42.4 Å². The molecule has 216 valence electrons. The molecule has 2 aromatic carbocycles. The van der Waals surface area contributed by atoms with Crippen molar-refractivity contribution >= 4 is 11.6 Å². The van der Waals surface area contributed by atoms with Crippen LogP contribution < -0.4 is 9.64 Å². The number of ether oxygens (including phenoxy) is 1. The SMILES string of the molecule is Cc1cc(F)ccc1-c1cc(OC(C)(C)C)ncc1N(C)C(=O)C(C)(C)c1cc(C(F)(F)F)cc(C(F)(F)F)c1. The summed E-state index contributed by atoms with van der Waals surface area (Å²) in [7, 11) is 1.34. The standard InChI is InChI=1S/C29H29F7N2O2/c1-16-10-20(30)8-9-21(16)22-14-24(40-26(2,3)4)37-15-23(22)38(7)25(39)27(5,6)17-11-18(28(31,32)33)13-19(12-17)29(34,35)36/h8-15H,1-7H3. The van der Waals surface area contributed by atoms with Gasteiger partial charge < -0.3 is 9.64 Å². The normalized spacial score (nSPS) is 12.8. The zero-order chi connectivity index (χ0) is 30.4. The van der Waals surface area contributed by atoms with Gasteiger partial charge in [0.1, 0.15) is 11.4 Å². The number of pyridine rings is 1. The predicted octanol–water partition coefficient (Wildman–Crippen LogP) is 8.35. The lowest BCUT2D eigenvalue weighted by Gasteiger charge is -2.32. The maximum Gasteiger partial charge on any atom is 0.416 e. The number of likely N-dealkylation sites (N-methyl/N-ethyl adjacent to an activating group) is 1. The van der Waals surface area contributed by atoms with Crippen molar-refractivity contribution < 1.29 is 40.3 Å². The van der Waals surface area contributed by atoms with Gasteiger partial charge in [-0.3, -0.25) is 4.79 Å². The van der Waals surface area contributed by atoms with Crippen molar-refractivity contribution in [3.63, 3.8) is 0 Å². The van der Waals surface area contributed by atoms with E-state index in [-0.39, 0.29) is 17.6 Å². The second-order valence-electron chi connectivity index (χ2n) is 11.0. The van der Waals surface area contributed by atoms with Crippen molar-refractivity contribution in [3.05, 3.63) is 76.7 Å². The van der Waals surface area contributed by atoms with E-state index in [1.54, 1.807) is 33.8 Å². The first-order valence-electron chi connectivity index (χ1n) is 12.1. The number of hydrogen-bond donors (Lipinski definition) is 0. The molecule has 40 heavy (non-hydrogen) atoms. The molecule has 1 heterocycles. The van der Waals surface area contributed by atoms with Gasteiger partial charge in [0.15, 0.2) is 0 Å². The highest BCUT2D eigenvalue weighted by Crippen LogP contribution is 2.41. The number of anilines is 1. The average Bonchev–Trinajstić information content (AvgIpc) is 2.80. The quantitative estimate of drug-likeness (QED) is 0.290. The number of hydrogen-bond acceptors (Lipinski definition) is 3. The van der Waals surface area contributed by atoms with Gasteiger partial charge in [-0.15, -0.1) is 0 Å². The van der Waals surface area contributed by atoms with Gasteiger partial charge in [-0.2, -0.15) is 26.3 Å². The Labute approximate surface area is 227 Å². The van der Waals surface area contributed by atoms with Crippen molar-refractivity contribution in [1.29, 1.82) is 0 Å². The summed E-state index contributed by atoms with van der Waals surface area (Å²) in [5, 5.41) is 0. The summed E-state index contributed by atoms with van der Waals surface area (Å²) in [6.45, 7) is 9.54. The maximum atomic E-state index is 13.9. The lowest BCUT2D eigenvalue weighted by atomic mass is 9.81. The first kappa shape index (κ1) is 30.9. The van der Waals surface area contributed by atoms with Gasteiger partial charge in [-0.05, 0) is 88.6 Å². The lowest BCUT2D eigenvalue weighted by molar-refractivity contribution is -0.143. The van der Waals surface area contributed by atoms with Crippen LogP contribution >= 0.6 is 0 Å². The summed E-state index contributed by atoms with van der Waals surface area (Å²) in [5.41, 5.74) is -4.33. The van der Waals surface area contributed by atoms with Crippen LogP contribution in [0.1, 0.15) is 56.9 Å². The first-order chi connectivity index (χ1) is 18.1. The Kier molecular flexibility index (Phi) is 8.04. The third kappa shape index (κ3) is 6.74. The Morgan fingerprint density at radius 3 is 1.80 bits per heavy atom. The van der Waals surface area contributed by atoms with Gasteiger partial charge in [-0.1, -0.05) is 6.07 Å². The molecule has 0 aliphatic heterocycles. The highest BCUT2D eigenvalue weighted by molar-refractivity contribution is 6.03. The van der Waals surface area contributed by atoms with Crippen molar-refractivity contribution in [3.8, 4) is 17.0 Å². The number of nitrogens with zero attached hydrogens (tertiary/aromatic N) is 2. The van der Waals surface area contributed by atoms with Crippen LogP contribution in [0.5, 0.6) is 5.88 Å². The molecule has 1 aromatic heterocycles. The number of halogens is 7. The molecule has 1 amide bonds. The van der Waals surface area contributed by atoms with E-state index < -0.39 is 51.8 Å². The van der Waals surface area contributed by atoms with E-state index in [9.17, 15) is 35.5 Å². The average molecular weight is 571 g/mol. The molecule has 3 rings (SSSR count).